The highest BCUT2D eigenvalue weighted by molar-refractivity contribution is 6.31. The molecule has 2 rings (SSSR count). The molecule has 2 aromatic carbocycles. The van der Waals surface area contributed by atoms with Crippen molar-refractivity contribution in [2.75, 3.05) is 5.73 Å². The lowest BCUT2D eigenvalue weighted by Crippen LogP contribution is -2.27. The molecule has 4 heteroatoms. The molecule has 0 saturated carbocycles. The second kappa shape index (κ2) is 7.14. The number of aryl methyl sites for hydroxylation is 1. The molecule has 0 aromatic heterocycles. The molecule has 0 saturated heterocycles. The fraction of sp³-hybridized carbons (Fsp3) is 0.235. The van der Waals surface area contributed by atoms with Crippen LogP contribution >= 0.6 is 11.6 Å². The van der Waals surface area contributed by atoms with Crippen LogP contribution in [-0.4, -0.2) is 5.91 Å². The minimum absolute atomic E-state index is 0.0132. The molecule has 0 fully saturated rings. The topological polar surface area (TPSA) is 55.1 Å². The Morgan fingerprint density at radius 1 is 1.19 bits per heavy atom. The largest absolute Gasteiger partial charge is 0.399 e. The van der Waals surface area contributed by atoms with Crippen molar-refractivity contribution in [1.29, 1.82) is 0 Å². The van der Waals surface area contributed by atoms with Crippen molar-refractivity contribution in [3.8, 4) is 0 Å². The summed E-state index contributed by atoms with van der Waals surface area (Å²) < 4.78 is 0. The number of amides is 1. The first kappa shape index (κ1) is 15.4. The minimum atomic E-state index is -0.0994. The van der Waals surface area contributed by atoms with Gasteiger partial charge in [0.25, 0.3) is 0 Å². The molecule has 0 radical (unpaired) electrons. The van der Waals surface area contributed by atoms with Gasteiger partial charge in [-0.15, -0.1) is 0 Å². The average Bonchev–Trinajstić information content (AvgIpc) is 2.47. The van der Waals surface area contributed by atoms with Crippen LogP contribution in [0.15, 0.2) is 48.5 Å². The monoisotopic (exact) mass is 302 g/mol. The van der Waals surface area contributed by atoms with Crippen molar-refractivity contribution >= 4 is 23.2 Å². The molecule has 110 valence electrons. The van der Waals surface area contributed by atoms with E-state index in [9.17, 15) is 4.79 Å². The van der Waals surface area contributed by atoms with E-state index in [-0.39, 0.29) is 11.9 Å². The number of nitrogens with two attached hydrogens (primary N) is 1. The van der Waals surface area contributed by atoms with Gasteiger partial charge >= 0.3 is 0 Å². The summed E-state index contributed by atoms with van der Waals surface area (Å²) in [6.45, 7) is 1.93. The number of anilines is 1. The average molecular weight is 303 g/mol. The van der Waals surface area contributed by atoms with E-state index >= 15 is 0 Å². The van der Waals surface area contributed by atoms with Gasteiger partial charge in [-0.2, -0.15) is 0 Å². The van der Waals surface area contributed by atoms with E-state index in [0.717, 1.165) is 16.8 Å². The van der Waals surface area contributed by atoms with Gasteiger partial charge in [0.15, 0.2) is 0 Å². The maximum Gasteiger partial charge on any atom is 0.220 e. The molecule has 21 heavy (non-hydrogen) atoms. The van der Waals surface area contributed by atoms with Gasteiger partial charge in [0.1, 0.15) is 0 Å². The zero-order valence-corrected chi connectivity index (χ0v) is 12.7. The molecule has 3 nitrogen and oxygen atoms in total. The molecule has 2 aromatic rings. The van der Waals surface area contributed by atoms with Gasteiger partial charge in [0.2, 0.25) is 5.91 Å². The standard InChI is InChI=1S/C17H19ClN2O/c1-12(15-4-2-3-5-16(15)18)20-17(21)11-8-13-6-9-14(19)10-7-13/h2-7,9-10,12H,8,11,19H2,1H3,(H,20,21)/t12-/m1/s1. The molecule has 1 amide bonds. The SMILES string of the molecule is C[C@@H](NC(=O)CCc1ccc(N)cc1)c1ccccc1Cl. The Labute approximate surface area is 130 Å². The summed E-state index contributed by atoms with van der Waals surface area (Å²) in [5, 5.41) is 3.64. The molecule has 0 spiro atoms. The highest BCUT2D eigenvalue weighted by atomic mass is 35.5. The van der Waals surface area contributed by atoms with Gasteiger partial charge in [-0.1, -0.05) is 41.9 Å². The summed E-state index contributed by atoms with van der Waals surface area (Å²) in [7, 11) is 0. The zero-order valence-electron chi connectivity index (χ0n) is 12.0. The van der Waals surface area contributed by atoms with Crippen LogP contribution in [0.25, 0.3) is 0 Å². The molecule has 0 bridgehead atoms. The van der Waals surface area contributed by atoms with Crippen molar-refractivity contribution in [2.24, 2.45) is 0 Å². The third-order valence-electron chi connectivity index (χ3n) is 3.37. The third-order valence-corrected chi connectivity index (χ3v) is 3.71. The van der Waals surface area contributed by atoms with Crippen LogP contribution in [0.1, 0.15) is 30.5 Å². The van der Waals surface area contributed by atoms with Gasteiger partial charge in [0, 0.05) is 17.1 Å². The van der Waals surface area contributed by atoms with Crippen molar-refractivity contribution in [2.45, 2.75) is 25.8 Å². The van der Waals surface area contributed by atoms with Crippen LogP contribution in [0.2, 0.25) is 5.02 Å². The summed E-state index contributed by atoms with van der Waals surface area (Å²) in [6.07, 6.45) is 1.14. The number of halogens is 1. The summed E-state index contributed by atoms with van der Waals surface area (Å²) in [5.74, 6) is 0.0132. The van der Waals surface area contributed by atoms with E-state index in [1.54, 1.807) is 0 Å². The van der Waals surface area contributed by atoms with Crippen molar-refractivity contribution < 1.29 is 4.79 Å². The van der Waals surface area contributed by atoms with Crippen molar-refractivity contribution in [3.63, 3.8) is 0 Å². The summed E-state index contributed by atoms with van der Waals surface area (Å²) in [6, 6.07) is 15.0. The van der Waals surface area contributed by atoms with Crippen LogP contribution in [0.5, 0.6) is 0 Å². The maximum absolute atomic E-state index is 12.0. The van der Waals surface area contributed by atoms with E-state index in [1.807, 2.05) is 55.5 Å². The van der Waals surface area contributed by atoms with Crippen molar-refractivity contribution in [3.05, 3.63) is 64.7 Å². The molecule has 0 aliphatic heterocycles. The van der Waals surface area contributed by atoms with E-state index in [1.165, 1.54) is 0 Å². The Hall–Kier alpha value is -2.00. The number of nitrogen functional groups attached to an aromatic ring is 1. The second-order valence-corrected chi connectivity index (χ2v) is 5.46. The molecular weight excluding hydrogens is 284 g/mol. The molecular formula is C17H19ClN2O. The number of nitrogens with one attached hydrogen (secondary N) is 1. The predicted octanol–water partition coefficient (Wildman–Crippen LogP) is 3.73. The first-order valence-corrected chi connectivity index (χ1v) is 7.32. The number of carbonyl (C=O) groups excluding carboxylic acids is 1. The first-order valence-electron chi connectivity index (χ1n) is 6.94. The Morgan fingerprint density at radius 3 is 2.52 bits per heavy atom. The van der Waals surface area contributed by atoms with Gasteiger partial charge < -0.3 is 11.1 Å². The van der Waals surface area contributed by atoms with Crippen LogP contribution in [-0.2, 0) is 11.2 Å². The van der Waals surface area contributed by atoms with Gasteiger partial charge in [0.05, 0.1) is 6.04 Å². The second-order valence-electron chi connectivity index (χ2n) is 5.05. The summed E-state index contributed by atoms with van der Waals surface area (Å²) in [5.41, 5.74) is 8.40. The fourth-order valence-corrected chi connectivity index (χ4v) is 2.46. The molecule has 0 heterocycles. The predicted molar refractivity (Wildman–Crippen MR) is 87.2 cm³/mol. The summed E-state index contributed by atoms with van der Waals surface area (Å²) >= 11 is 6.13. The van der Waals surface area contributed by atoms with E-state index in [4.69, 9.17) is 17.3 Å². The van der Waals surface area contributed by atoms with Crippen LogP contribution in [0.3, 0.4) is 0 Å². The molecule has 0 unspecified atom stereocenters. The Morgan fingerprint density at radius 2 is 1.86 bits per heavy atom. The van der Waals surface area contributed by atoms with Crippen LogP contribution < -0.4 is 11.1 Å². The molecule has 1 atom stereocenters. The molecule has 0 aliphatic rings. The van der Waals surface area contributed by atoms with Gasteiger partial charge in [-0.25, -0.2) is 0 Å². The van der Waals surface area contributed by atoms with E-state index in [0.29, 0.717) is 17.9 Å². The number of hydrogen-bond acceptors (Lipinski definition) is 2. The van der Waals surface area contributed by atoms with E-state index in [2.05, 4.69) is 5.32 Å². The third kappa shape index (κ3) is 4.50. The lowest BCUT2D eigenvalue weighted by molar-refractivity contribution is -0.121. The highest BCUT2D eigenvalue weighted by Crippen LogP contribution is 2.22. The van der Waals surface area contributed by atoms with Crippen molar-refractivity contribution in [1.82, 2.24) is 5.32 Å². The number of hydrogen-bond donors (Lipinski definition) is 2. The highest BCUT2D eigenvalue weighted by Gasteiger charge is 2.12. The Bertz CT molecular complexity index is 610. The molecule has 0 aliphatic carbocycles. The van der Waals surface area contributed by atoms with Gasteiger partial charge in [-0.3, -0.25) is 4.79 Å². The zero-order chi connectivity index (χ0) is 15.2. The Kier molecular flexibility index (Phi) is 5.23. The lowest BCUT2D eigenvalue weighted by Gasteiger charge is -2.15. The van der Waals surface area contributed by atoms with Crippen LogP contribution in [0, 0.1) is 0 Å². The van der Waals surface area contributed by atoms with Gasteiger partial charge in [-0.05, 0) is 42.7 Å². The quantitative estimate of drug-likeness (QED) is 0.827. The number of carbonyl (C=O) groups is 1. The fourth-order valence-electron chi connectivity index (χ4n) is 2.16. The molecule has 3 N–H and O–H groups in total. The Balaban J connectivity index is 1.87. The number of rotatable bonds is 5. The maximum atomic E-state index is 12.0. The van der Waals surface area contributed by atoms with Crippen LogP contribution in [0.4, 0.5) is 5.69 Å². The first-order chi connectivity index (χ1) is 10.1. The normalized spacial score (nSPS) is 11.9. The smallest absolute Gasteiger partial charge is 0.220 e. The minimum Gasteiger partial charge on any atom is -0.399 e. The summed E-state index contributed by atoms with van der Waals surface area (Å²) in [4.78, 5) is 12.0. The lowest BCUT2D eigenvalue weighted by atomic mass is 10.1. The van der Waals surface area contributed by atoms with E-state index < -0.39 is 0 Å². The number of benzene rings is 2.